The zero-order chi connectivity index (χ0) is 12.7. The molecule has 0 saturated heterocycles. The summed E-state index contributed by atoms with van der Waals surface area (Å²) in [6.07, 6.45) is 0.982. The van der Waals surface area contributed by atoms with Crippen LogP contribution in [0.5, 0.6) is 11.5 Å². The van der Waals surface area contributed by atoms with Gasteiger partial charge >= 0.3 is 0 Å². The van der Waals surface area contributed by atoms with E-state index in [0.29, 0.717) is 5.75 Å². The van der Waals surface area contributed by atoms with Crippen LogP contribution >= 0.6 is 0 Å². The molecule has 96 valence electrons. The molecule has 0 bridgehead atoms. The van der Waals surface area contributed by atoms with Crippen molar-refractivity contribution in [3.05, 3.63) is 23.8 Å². The minimum absolute atomic E-state index is 0.169. The van der Waals surface area contributed by atoms with Crippen molar-refractivity contribution in [3.8, 4) is 11.5 Å². The van der Waals surface area contributed by atoms with Crippen molar-refractivity contribution in [1.29, 1.82) is 0 Å². The highest BCUT2D eigenvalue weighted by atomic mass is 16.5. The lowest BCUT2D eigenvalue weighted by molar-refractivity contribution is 0.193. The van der Waals surface area contributed by atoms with Crippen molar-refractivity contribution < 1.29 is 14.6 Å². The third kappa shape index (κ3) is 4.24. The molecule has 0 saturated carbocycles. The second-order valence-electron chi connectivity index (χ2n) is 3.95. The van der Waals surface area contributed by atoms with E-state index in [1.54, 1.807) is 20.3 Å². The van der Waals surface area contributed by atoms with Crippen molar-refractivity contribution >= 4 is 0 Å². The van der Waals surface area contributed by atoms with Crippen LogP contribution in [0.2, 0.25) is 0 Å². The quantitative estimate of drug-likeness (QED) is 0.715. The first-order chi connectivity index (χ1) is 8.19. The summed E-state index contributed by atoms with van der Waals surface area (Å²) in [5.74, 6) is 0.677. The van der Waals surface area contributed by atoms with Gasteiger partial charge in [0.1, 0.15) is 0 Å². The second-order valence-corrected chi connectivity index (χ2v) is 3.95. The lowest BCUT2D eigenvalue weighted by Gasteiger charge is -2.15. The van der Waals surface area contributed by atoms with Crippen LogP contribution in [0.15, 0.2) is 18.2 Å². The maximum atomic E-state index is 9.50. The standard InChI is InChI=1S/C13H21NO3/c1-10(14-7-4-8-16-2)11-5-6-12(15)13(9-11)17-3/h5-6,9-10,14-15H,4,7-8H2,1-3H3. The Bertz CT molecular complexity index is 341. The van der Waals surface area contributed by atoms with E-state index in [1.807, 2.05) is 12.1 Å². The number of hydrogen-bond donors (Lipinski definition) is 2. The third-order valence-electron chi connectivity index (χ3n) is 2.68. The van der Waals surface area contributed by atoms with Crippen LogP contribution in [0.25, 0.3) is 0 Å². The molecule has 1 rings (SSSR count). The van der Waals surface area contributed by atoms with Gasteiger partial charge in [-0.2, -0.15) is 0 Å². The molecule has 0 aliphatic carbocycles. The van der Waals surface area contributed by atoms with E-state index in [4.69, 9.17) is 9.47 Å². The van der Waals surface area contributed by atoms with Gasteiger partial charge < -0.3 is 19.9 Å². The van der Waals surface area contributed by atoms with E-state index < -0.39 is 0 Å². The lowest BCUT2D eigenvalue weighted by atomic mass is 10.1. The molecule has 0 aliphatic heterocycles. The minimum Gasteiger partial charge on any atom is -0.504 e. The first-order valence-corrected chi connectivity index (χ1v) is 5.78. The normalized spacial score (nSPS) is 12.4. The van der Waals surface area contributed by atoms with Crippen LogP contribution < -0.4 is 10.1 Å². The Morgan fingerprint density at radius 1 is 1.35 bits per heavy atom. The van der Waals surface area contributed by atoms with Crippen LogP contribution in [-0.2, 0) is 4.74 Å². The number of phenolic OH excluding ortho intramolecular Hbond substituents is 1. The summed E-state index contributed by atoms with van der Waals surface area (Å²) in [4.78, 5) is 0. The molecule has 0 heterocycles. The molecule has 2 N–H and O–H groups in total. The summed E-state index contributed by atoms with van der Waals surface area (Å²) < 4.78 is 10.1. The topological polar surface area (TPSA) is 50.7 Å². The van der Waals surface area contributed by atoms with Gasteiger partial charge in [-0.25, -0.2) is 0 Å². The molecule has 1 aromatic rings. The number of rotatable bonds is 7. The Morgan fingerprint density at radius 2 is 2.12 bits per heavy atom. The van der Waals surface area contributed by atoms with Gasteiger partial charge in [0.2, 0.25) is 0 Å². The average molecular weight is 239 g/mol. The molecule has 0 radical (unpaired) electrons. The summed E-state index contributed by atoms with van der Waals surface area (Å²) in [6, 6.07) is 5.62. The molecular formula is C13H21NO3. The van der Waals surface area contributed by atoms with Gasteiger partial charge in [-0.1, -0.05) is 6.07 Å². The zero-order valence-electron chi connectivity index (χ0n) is 10.7. The smallest absolute Gasteiger partial charge is 0.160 e. The molecule has 1 atom stereocenters. The van der Waals surface area contributed by atoms with Crippen molar-refractivity contribution in [3.63, 3.8) is 0 Å². The Hall–Kier alpha value is -1.26. The van der Waals surface area contributed by atoms with E-state index in [9.17, 15) is 5.11 Å². The summed E-state index contributed by atoms with van der Waals surface area (Å²) in [7, 11) is 3.25. The molecule has 0 spiro atoms. The highest BCUT2D eigenvalue weighted by Crippen LogP contribution is 2.28. The highest BCUT2D eigenvalue weighted by molar-refractivity contribution is 5.42. The number of methoxy groups -OCH3 is 2. The minimum atomic E-state index is 0.169. The largest absolute Gasteiger partial charge is 0.504 e. The van der Waals surface area contributed by atoms with E-state index >= 15 is 0 Å². The monoisotopic (exact) mass is 239 g/mol. The van der Waals surface area contributed by atoms with E-state index in [-0.39, 0.29) is 11.8 Å². The van der Waals surface area contributed by atoms with Crippen LogP contribution in [0.3, 0.4) is 0 Å². The fraction of sp³-hybridized carbons (Fsp3) is 0.538. The fourth-order valence-corrected chi connectivity index (χ4v) is 1.62. The summed E-state index contributed by atoms with van der Waals surface area (Å²) >= 11 is 0. The summed E-state index contributed by atoms with van der Waals surface area (Å²) in [5.41, 5.74) is 1.09. The molecule has 0 aliphatic rings. The van der Waals surface area contributed by atoms with Gasteiger partial charge in [0.15, 0.2) is 11.5 Å². The van der Waals surface area contributed by atoms with Crippen molar-refractivity contribution in [1.82, 2.24) is 5.32 Å². The molecule has 1 aromatic carbocycles. The molecule has 0 fully saturated rings. The fourth-order valence-electron chi connectivity index (χ4n) is 1.62. The van der Waals surface area contributed by atoms with Crippen LogP contribution in [-0.4, -0.2) is 32.5 Å². The number of ether oxygens (including phenoxy) is 2. The lowest BCUT2D eigenvalue weighted by Crippen LogP contribution is -2.20. The Balaban J connectivity index is 2.53. The van der Waals surface area contributed by atoms with E-state index in [2.05, 4.69) is 12.2 Å². The summed E-state index contributed by atoms with van der Waals surface area (Å²) in [6.45, 7) is 3.75. The number of hydrogen-bond acceptors (Lipinski definition) is 4. The van der Waals surface area contributed by atoms with Crippen molar-refractivity contribution in [2.75, 3.05) is 27.4 Å². The number of aromatic hydroxyl groups is 1. The van der Waals surface area contributed by atoms with Crippen LogP contribution in [0.1, 0.15) is 24.9 Å². The molecular weight excluding hydrogens is 218 g/mol. The average Bonchev–Trinajstić information content (AvgIpc) is 2.35. The highest BCUT2D eigenvalue weighted by Gasteiger charge is 2.08. The first-order valence-electron chi connectivity index (χ1n) is 5.78. The van der Waals surface area contributed by atoms with Gasteiger partial charge in [0.25, 0.3) is 0 Å². The number of nitrogens with one attached hydrogen (secondary N) is 1. The Labute approximate surface area is 103 Å². The van der Waals surface area contributed by atoms with Gasteiger partial charge in [-0.05, 0) is 37.6 Å². The molecule has 4 nitrogen and oxygen atoms in total. The van der Waals surface area contributed by atoms with Crippen LogP contribution in [0, 0.1) is 0 Å². The predicted molar refractivity (Wildman–Crippen MR) is 67.6 cm³/mol. The maximum Gasteiger partial charge on any atom is 0.160 e. The molecule has 17 heavy (non-hydrogen) atoms. The molecule has 1 unspecified atom stereocenters. The first kappa shape index (κ1) is 13.8. The van der Waals surface area contributed by atoms with Crippen molar-refractivity contribution in [2.24, 2.45) is 0 Å². The van der Waals surface area contributed by atoms with E-state index in [0.717, 1.165) is 25.1 Å². The Kier molecular flexibility index (Phi) is 5.80. The van der Waals surface area contributed by atoms with Gasteiger partial charge in [0.05, 0.1) is 7.11 Å². The Morgan fingerprint density at radius 3 is 2.76 bits per heavy atom. The predicted octanol–water partition coefficient (Wildman–Crippen LogP) is 2.09. The third-order valence-corrected chi connectivity index (χ3v) is 2.68. The molecule has 0 aromatic heterocycles. The van der Waals surface area contributed by atoms with Crippen molar-refractivity contribution in [2.45, 2.75) is 19.4 Å². The number of phenols is 1. The molecule has 4 heteroatoms. The molecule has 0 amide bonds. The van der Waals surface area contributed by atoms with Gasteiger partial charge in [0, 0.05) is 19.8 Å². The SMILES string of the molecule is COCCCNC(C)c1ccc(O)c(OC)c1. The summed E-state index contributed by atoms with van der Waals surface area (Å²) in [5, 5.41) is 12.9. The number of benzene rings is 1. The zero-order valence-corrected chi connectivity index (χ0v) is 10.7. The van der Waals surface area contributed by atoms with Gasteiger partial charge in [-0.15, -0.1) is 0 Å². The second kappa shape index (κ2) is 7.14. The van der Waals surface area contributed by atoms with Crippen LogP contribution in [0.4, 0.5) is 0 Å². The maximum absolute atomic E-state index is 9.50. The van der Waals surface area contributed by atoms with Gasteiger partial charge in [-0.3, -0.25) is 0 Å². The van der Waals surface area contributed by atoms with E-state index in [1.165, 1.54) is 0 Å².